The zero-order chi connectivity index (χ0) is 9.97. The van der Waals surface area contributed by atoms with Crippen LogP contribution in [0.15, 0.2) is 36.7 Å². The molecule has 0 fully saturated rings. The first-order valence-electron chi connectivity index (χ1n) is 4.14. The molecule has 1 aromatic carbocycles. The van der Waals surface area contributed by atoms with Gasteiger partial charge in [-0.3, -0.25) is 0 Å². The van der Waals surface area contributed by atoms with Gasteiger partial charge in [-0.1, -0.05) is 0 Å². The first-order chi connectivity index (χ1) is 6.79. The van der Waals surface area contributed by atoms with Crippen LogP contribution in [0.25, 0.3) is 5.69 Å². The van der Waals surface area contributed by atoms with Gasteiger partial charge in [-0.15, -0.1) is 0 Å². The van der Waals surface area contributed by atoms with E-state index in [1.165, 1.54) is 0 Å². The molecule has 0 atom stereocenters. The van der Waals surface area contributed by atoms with Crippen molar-refractivity contribution in [3.63, 3.8) is 0 Å². The number of benzene rings is 1. The molecule has 0 radical (unpaired) electrons. The van der Waals surface area contributed by atoms with Crippen molar-refractivity contribution in [1.82, 2.24) is 9.78 Å². The molecule has 0 amide bonds. The Kier molecular flexibility index (Phi) is 2.72. The number of ether oxygens (including phenoxy) is 1. The van der Waals surface area contributed by atoms with Crippen LogP contribution in [0.1, 0.15) is 0 Å². The van der Waals surface area contributed by atoms with Crippen LogP contribution in [0.5, 0.6) is 5.75 Å². The molecule has 3 nitrogen and oxygen atoms in total. The van der Waals surface area contributed by atoms with Crippen molar-refractivity contribution in [3.05, 3.63) is 40.2 Å². The molecule has 0 unspecified atom stereocenters. The van der Waals surface area contributed by atoms with E-state index in [2.05, 4.69) is 27.7 Å². The van der Waals surface area contributed by atoms with Crippen LogP contribution < -0.4 is 4.74 Å². The normalized spacial score (nSPS) is 10.1. The fourth-order valence-electron chi connectivity index (χ4n) is 1.18. The van der Waals surface area contributed by atoms with Crippen LogP contribution in [0.2, 0.25) is 0 Å². The highest BCUT2D eigenvalue weighted by Crippen LogP contribution is 2.15. The first kappa shape index (κ1) is 9.51. The lowest BCUT2D eigenvalue weighted by molar-refractivity contribution is 0.414. The summed E-state index contributed by atoms with van der Waals surface area (Å²) in [5.41, 5.74) is 1.04. The molecule has 0 aliphatic carbocycles. The van der Waals surface area contributed by atoms with Crippen molar-refractivity contribution in [2.24, 2.45) is 0 Å². The summed E-state index contributed by atoms with van der Waals surface area (Å²) in [4.78, 5) is 0. The largest absolute Gasteiger partial charge is 0.497 e. The predicted molar refractivity (Wildman–Crippen MR) is 62.8 cm³/mol. The number of hydrogen-bond donors (Lipinski definition) is 0. The predicted octanol–water partition coefficient (Wildman–Crippen LogP) is 2.49. The van der Waals surface area contributed by atoms with Crippen LogP contribution in [-0.4, -0.2) is 16.9 Å². The van der Waals surface area contributed by atoms with Gasteiger partial charge in [0, 0.05) is 6.20 Å². The molecule has 0 spiro atoms. The number of nitrogens with zero attached hydrogens (tertiary/aromatic N) is 2. The van der Waals surface area contributed by atoms with E-state index in [1.54, 1.807) is 7.11 Å². The number of rotatable bonds is 2. The smallest absolute Gasteiger partial charge is 0.119 e. The van der Waals surface area contributed by atoms with Gasteiger partial charge >= 0.3 is 0 Å². The first-order valence-corrected chi connectivity index (χ1v) is 5.22. The van der Waals surface area contributed by atoms with Gasteiger partial charge in [0.1, 0.15) is 5.75 Å². The fourth-order valence-corrected chi connectivity index (χ4v) is 1.57. The van der Waals surface area contributed by atoms with Crippen LogP contribution >= 0.6 is 22.6 Å². The third-order valence-corrected chi connectivity index (χ3v) is 2.45. The molecule has 0 aliphatic heterocycles. The Morgan fingerprint density at radius 2 is 2.00 bits per heavy atom. The maximum atomic E-state index is 5.08. The maximum Gasteiger partial charge on any atom is 0.119 e. The minimum atomic E-state index is 0.857. The quantitative estimate of drug-likeness (QED) is 0.797. The Morgan fingerprint density at radius 1 is 1.29 bits per heavy atom. The van der Waals surface area contributed by atoms with Crippen molar-refractivity contribution in [1.29, 1.82) is 0 Å². The molecule has 0 saturated carbocycles. The summed E-state index contributed by atoms with van der Waals surface area (Å²) < 4.78 is 8.04. The second kappa shape index (κ2) is 4.00. The molecular formula is C10H9IN2O. The molecular weight excluding hydrogens is 291 g/mol. The molecule has 1 heterocycles. The summed E-state index contributed by atoms with van der Waals surface area (Å²) in [5, 5.41) is 4.21. The third-order valence-electron chi connectivity index (χ3n) is 1.89. The molecule has 2 rings (SSSR count). The standard InChI is InChI=1S/C10H9IN2O/c1-14-10-4-2-9(3-5-10)13-7-8(11)6-12-13/h2-7H,1H3. The van der Waals surface area contributed by atoms with Crippen molar-refractivity contribution in [2.75, 3.05) is 7.11 Å². The number of methoxy groups -OCH3 is 1. The fraction of sp³-hybridized carbons (Fsp3) is 0.100. The van der Waals surface area contributed by atoms with Crippen LogP contribution in [0, 0.1) is 3.57 Å². The van der Waals surface area contributed by atoms with Gasteiger partial charge < -0.3 is 4.74 Å². The molecule has 1 aromatic heterocycles. The topological polar surface area (TPSA) is 27.1 Å². The zero-order valence-corrected chi connectivity index (χ0v) is 9.80. The lowest BCUT2D eigenvalue weighted by atomic mass is 10.3. The van der Waals surface area contributed by atoms with Crippen molar-refractivity contribution in [3.8, 4) is 11.4 Å². The highest BCUT2D eigenvalue weighted by molar-refractivity contribution is 14.1. The van der Waals surface area contributed by atoms with Crippen LogP contribution in [0.4, 0.5) is 0 Å². The molecule has 0 bridgehead atoms. The average Bonchev–Trinajstić information content (AvgIpc) is 2.65. The van der Waals surface area contributed by atoms with E-state index in [9.17, 15) is 0 Å². The van der Waals surface area contributed by atoms with Gasteiger partial charge in [-0.05, 0) is 46.9 Å². The molecule has 4 heteroatoms. The van der Waals surface area contributed by atoms with Gasteiger partial charge in [0.15, 0.2) is 0 Å². The van der Waals surface area contributed by atoms with Gasteiger partial charge in [0.25, 0.3) is 0 Å². The molecule has 72 valence electrons. The Balaban J connectivity index is 2.33. The van der Waals surface area contributed by atoms with E-state index in [4.69, 9.17) is 4.74 Å². The van der Waals surface area contributed by atoms with E-state index >= 15 is 0 Å². The molecule has 14 heavy (non-hydrogen) atoms. The Bertz CT molecular complexity index is 422. The minimum Gasteiger partial charge on any atom is -0.497 e. The molecule has 0 saturated heterocycles. The number of halogens is 1. The maximum absolute atomic E-state index is 5.08. The van der Waals surface area contributed by atoms with E-state index in [-0.39, 0.29) is 0 Å². The summed E-state index contributed by atoms with van der Waals surface area (Å²) >= 11 is 2.23. The monoisotopic (exact) mass is 300 g/mol. The number of aromatic nitrogens is 2. The van der Waals surface area contributed by atoms with Crippen LogP contribution in [0.3, 0.4) is 0 Å². The van der Waals surface area contributed by atoms with Crippen molar-refractivity contribution < 1.29 is 4.74 Å². The Labute approximate surface area is 95.8 Å². The zero-order valence-electron chi connectivity index (χ0n) is 7.64. The molecule has 2 aromatic rings. The summed E-state index contributed by atoms with van der Waals surface area (Å²) in [7, 11) is 1.66. The second-order valence-corrected chi connectivity index (χ2v) is 4.05. The van der Waals surface area contributed by atoms with Gasteiger partial charge in [0.2, 0.25) is 0 Å². The van der Waals surface area contributed by atoms with Crippen LogP contribution in [-0.2, 0) is 0 Å². The summed E-state index contributed by atoms with van der Waals surface area (Å²) in [5.74, 6) is 0.857. The highest BCUT2D eigenvalue weighted by Gasteiger charge is 1.98. The lowest BCUT2D eigenvalue weighted by Crippen LogP contribution is -1.93. The summed E-state index contributed by atoms with van der Waals surface area (Å²) in [6.07, 6.45) is 3.80. The van der Waals surface area contributed by atoms with Crippen molar-refractivity contribution >= 4 is 22.6 Å². The Hall–Kier alpha value is -1.04. The summed E-state index contributed by atoms with van der Waals surface area (Å²) in [6, 6.07) is 7.79. The number of hydrogen-bond acceptors (Lipinski definition) is 2. The average molecular weight is 300 g/mol. The van der Waals surface area contributed by atoms with E-state index in [0.717, 1.165) is 15.0 Å². The van der Waals surface area contributed by atoms with Gasteiger partial charge in [-0.25, -0.2) is 4.68 Å². The molecule has 0 N–H and O–H groups in total. The summed E-state index contributed by atoms with van der Waals surface area (Å²) in [6.45, 7) is 0. The van der Waals surface area contributed by atoms with Crippen molar-refractivity contribution in [2.45, 2.75) is 0 Å². The molecule has 0 aliphatic rings. The van der Waals surface area contributed by atoms with E-state index < -0.39 is 0 Å². The SMILES string of the molecule is COc1ccc(-n2cc(I)cn2)cc1. The van der Waals surface area contributed by atoms with Gasteiger partial charge in [0.05, 0.1) is 22.6 Å². The van der Waals surface area contributed by atoms with E-state index in [0.29, 0.717) is 0 Å². The minimum absolute atomic E-state index is 0.857. The lowest BCUT2D eigenvalue weighted by Gasteiger charge is -2.02. The highest BCUT2D eigenvalue weighted by atomic mass is 127. The van der Waals surface area contributed by atoms with Gasteiger partial charge in [-0.2, -0.15) is 5.10 Å². The second-order valence-electron chi connectivity index (χ2n) is 2.80. The third kappa shape index (κ3) is 1.89. The van der Waals surface area contributed by atoms with E-state index in [1.807, 2.05) is 41.3 Å². The Morgan fingerprint density at radius 3 is 2.50 bits per heavy atom.